The second-order valence-corrected chi connectivity index (χ2v) is 9.97. The van der Waals surface area contributed by atoms with Crippen molar-refractivity contribution >= 4 is 21.4 Å². The van der Waals surface area contributed by atoms with Crippen LogP contribution in [0.1, 0.15) is 18.4 Å². The van der Waals surface area contributed by atoms with Crippen molar-refractivity contribution in [2.24, 2.45) is 5.16 Å². The summed E-state index contributed by atoms with van der Waals surface area (Å²) >= 11 is 0. The van der Waals surface area contributed by atoms with Crippen LogP contribution in [0.25, 0.3) is 5.57 Å². The fourth-order valence-electron chi connectivity index (χ4n) is 3.25. The number of halogens is 17. The second kappa shape index (κ2) is 11.1. The van der Waals surface area contributed by atoms with Crippen LogP contribution in [-0.2, 0) is 14.4 Å². The van der Waals surface area contributed by atoms with Crippen molar-refractivity contribution in [2.45, 2.75) is 60.3 Å². The largest absolute Gasteiger partial charge is 0.460 e. The molecular weight excluding hydrogens is 669 g/mol. The van der Waals surface area contributed by atoms with E-state index in [4.69, 9.17) is 0 Å². The maximum atomic E-state index is 15.0. The molecule has 1 aromatic carbocycles. The first-order valence-corrected chi connectivity index (χ1v) is 12.1. The van der Waals surface area contributed by atoms with Crippen molar-refractivity contribution in [3.63, 3.8) is 0 Å². The van der Waals surface area contributed by atoms with Crippen LogP contribution in [0, 0.1) is 0 Å². The lowest BCUT2D eigenvalue weighted by molar-refractivity contribution is -0.382. The van der Waals surface area contributed by atoms with E-state index < -0.39 is 87.3 Å². The predicted octanol–water partition coefficient (Wildman–Crippen LogP) is 8.09. The third-order valence-corrected chi connectivity index (χ3v) is 6.74. The van der Waals surface area contributed by atoms with Gasteiger partial charge in [0, 0.05) is 0 Å². The van der Waals surface area contributed by atoms with Crippen LogP contribution < -0.4 is 0 Å². The first kappa shape index (κ1) is 36.1. The highest BCUT2D eigenvalue weighted by molar-refractivity contribution is 7.87. The van der Waals surface area contributed by atoms with Crippen molar-refractivity contribution in [1.82, 2.24) is 0 Å². The van der Waals surface area contributed by atoms with E-state index in [-0.39, 0.29) is 5.56 Å². The van der Waals surface area contributed by atoms with Crippen molar-refractivity contribution in [1.29, 1.82) is 0 Å². The summed E-state index contributed by atoms with van der Waals surface area (Å²) in [5.41, 5.74) is -5.78. The van der Waals surface area contributed by atoms with Crippen molar-refractivity contribution < 1.29 is 87.3 Å². The van der Waals surface area contributed by atoms with Gasteiger partial charge in [-0.2, -0.15) is 74.3 Å². The lowest BCUT2D eigenvalue weighted by Gasteiger charge is -2.34. The Morgan fingerprint density at radius 2 is 1.28 bits per heavy atom. The number of nitrogens with zero attached hydrogens (tertiary/aromatic N) is 1. The smallest absolute Gasteiger partial charge is 0.263 e. The molecule has 0 saturated heterocycles. The quantitative estimate of drug-likeness (QED) is 0.135. The molecule has 0 spiro atoms. The lowest BCUT2D eigenvalue weighted by Crippen LogP contribution is -2.63. The average molecular weight is 681 g/mol. The van der Waals surface area contributed by atoms with Gasteiger partial charge in [-0.3, -0.25) is 4.28 Å². The van der Waals surface area contributed by atoms with E-state index in [1.54, 1.807) is 5.16 Å². The number of alkyl halides is 17. The number of oxime groups is 1. The van der Waals surface area contributed by atoms with Gasteiger partial charge in [0.05, 0.1) is 0 Å². The number of allylic oxidation sites excluding steroid dienone is 4. The molecule has 1 aromatic rings. The minimum Gasteiger partial charge on any atom is -0.263 e. The molecule has 43 heavy (non-hydrogen) atoms. The molecule has 0 unspecified atom stereocenters. The van der Waals surface area contributed by atoms with Gasteiger partial charge < -0.3 is 0 Å². The van der Waals surface area contributed by atoms with Gasteiger partial charge in [-0.1, -0.05) is 47.6 Å². The number of benzene rings is 1. The Labute approximate surface area is 228 Å². The van der Waals surface area contributed by atoms with E-state index >= 15 is 8.78 Å². The first-order valence-electron chi connectivity index (χ1n) is 10.7. The normalized spacial score (nSPS) is 17.1. The number of rotatable bonds is 11. The van der Waals surface area contributed by atoms with Crippen LogP contribution in [0.5, 0.6) is 0 Å². The first-order chi connectivity index (χ1) is 19.1. The molecule has 0 bridgehead atoms. The van der Waals surface area contributed by atoms with E-state index in [0.717, 1.165) is 36.4 Å². The molecule has 0 N–H and O–H groups in total. The van der Waals surface area contributed by atoms with Gasteiger partial charge in [-0.15, -0.1) is 0 Å². The summed E-state index contributed by atoms with van der Waals surface area (Å²) in [6, 6.07) is 5.55. The topological polar surface area (TPSA) is 55.7 Å². The molecule has 244 valence electrons. The highest BCUT2D eigenvalue weighted by Gasteiger charge is 2.86. The zero-order valence-electron chi connectivity index (χ0n) is 20.0. The van der Waals surface area contributed by atoms with Gasteiger partial charge in [-0.25, -0.2) is 8.78 Å². The fourth-order valence-corrected chi connectivity index (χ4v) is 3.95. The van der Waals surface area contributed by atoms with Gasteiger partial charge in [0.15, 0.2) is 5.71 Å². The molecule has 0 saturated carbocycles. The summed E-state index contributed by atoms with van der Waals surface area (Å²) in [6.45, 7) is 0. The lowest BCUT2D eigenvalue weighted by atomic mass is 9.85. The molecule has 2 rings (SSSR count). The molecule has 1 aliphatic carbocycles. The van der Waals surface area contributed by atoms with Crippen LogP contribution >= 0.6 is 0 Å². The zero-order valence-corrected chi connectivity index (χ0v) is 20.9. The Morgan fingerprint density at radius 1 is 0.767 bits per heavy atom. The highest BCUT2D eigenvalue weighted by atomic mass is 32.2. The predicted molar refractivity (Wildman–Crippen MR) is 111 cm³/mol. The maximum Gasteiger partial charge on any atom is 0.460 e. The zero-order chi connectivity index (χ0) is 33.7. The third kappa shape index (κ3) is 5.77. The van der Waals surface area contributed by atoms with E-state index in [1.807, 2.05) is 0 Å². The highest BCUT2D eigenvalue weighted by Crippen LogP contribution is 2.55. The van der Waals surface area contributed by atoms with E-state index in [1.165, 1.54) is 6.07 Å². The Kier molecular flexibility index (Phi) is 9.35. The molecule has 0 aliphatic heterocycles. The molecule has 0 atom stereocenters. The van der Waals surface area contributed by atoms with Gasteiger partial charge in [0.1, 0.15) is 0 Å². The van der Waals surface area contributed by atoms with E-state index in [2.05, 4.69) is 4.28 Å². The van der Waals surface area contributed by atoms with Crippen LogP contribution in [0.2, 0.25) is 0 Å². The summed E-state index contributed by atoms with van der Waals surface area (Å²) in [7, 11) is -8.14. The molecule has 22 heteroatoms. The van der Waals surface area contributed by atoms with Gasteiger partial charge >= 0.3 is 57.6 Å². The van der Waals surface area contributed by atoms with Gasteiger partial charge in [0.2, 0.25) is 0 Å². The minimum atomic E-state index is -8.14. The summed E-state index contributed by atoms with van der Waals surface area (Å²) in [5.74, 6) is -37.0. The van der Waals surface area contributed by atoms with Crippen molar-refractivity contribution in [2.75, 3.05) is 0 Å². The maximum absolute atomic E-state index is 15.0. The SMILES string of the molecule is O=S(=O)(ON=C(C1=C(c2ccccc2)C=CCC1)C(F)(F)C(F)(F)C(F)(F)C(F)F)C(F)(F)C(F)(F)C(F)(F)C(F)(F)F. The van der Waals surface area contributed by atoms with Crippen LogP contribution in [-0.4, -0.2) is 61.6 Å². The van der Waals surface area contributed by atoms with Crippen LogP contribution in [0.4, 0.5) is 74.6 Å². The molecule has 0 heterocycles. The second-order valence-electron chi connectivity index (χ2n) is 8.40. The van der Waals surface area contributed by atoms with Gasteiger partial charge in [-0.05, 0) is 29.6 Å². The van der Waals surface area contributed by atoms with E-state index in [9.17, 15) is 74.3 Å². The molecule has 0 amide bonds. The molecule has 1 aliphatic rings. The molecular formula is C21H12F17NO3S. The minimum absolute atomic E-state index is 0.314. The van der Waals surface area contributed by atoms with Crippen molar-refractivity contribution in [3.8, 4) is 0 Å². The molecule has 0 fully saturated rings. The summed E-state index contributed by atoms with van der Waals surface area (Å²) in [5, 5.41) is -6.12. The fraction of sp³-hybridized carbons (Fsp3) is 0.476. The van der Waals surface area contributed by atoms with Crippen molar-refractivity contribution in [3.05, 3.63) is 53.6 Å². The van der Waals surface area contributed by atoms with E-state index in [0.29, 0.717) is 0 Å². The summed E-state index contributed by atoms with van der Waals surface area (Å²) < 4.78 is 256. The number of hydrogen-bond donors (Lipinski definition) is 0. The summed E-state index contributed by atoms with van der Waals surface area (Å²) in [6.07, 6.45) is -13.0. The standard InChI is InChI=1S/C21H12F17NO3S/c22-14(23)16(26,27)17(28,29)15(24,25)13(12-9-5-4-8-11(12)10-6-2-1-3-7-10)39-42-43(40,41)21(37,38)19(32,33)18(30,31)20(34,35)36/h1-4,6-8,14H,5,9H2. The Balaban J connectivity index is 2.89. The Morgan fingerprint density at radius 3 is 1.74 bits per heavy atom. The Hall–Kier alpha value is -3.07. The third-order valence-electron chi connectivity index (χ3n) is 5.58. The average Bonchev–Trinajstić information content (AvgIpc) is 2.88. The summed E-state index contributed by atoms with van der Waals surface area (Å²) in [4.78, 5) is 0. The number of hydrogen-bond acceptors (Lipinski definition) is 4. The Bertz CT molecular complexity index is 1380. The van der Waals surface area contributed by atoms with Crippen LogP contribution in [0.3, 0.4) is 0 Å². The monoisotopic (exact) mass is 681 g/mol. The van der Waals surface area contributed by atoms with Crippen LogP contribution in [0.15, 0.2) is 53.2 Å². The molecule has 4 nitrogen and oxygen atoms in total. The van der Waals surface area contributed by atoms with Gasteiger partial charge in [0.25, 0.3) is 0 Å². The molecule has 0 radical (unpaired) electrons. The molecule has 0 aromatic heterocycles.